The van der Waals surface area contributed by atoms with Crippen LogP contribution in [0.25, 0.3) is 0 Å². The summed E-state index contributed by atoms with van der Waals surface area (Å²) >= 11 is 0. The van der Waals surface area contributed by atoms with Gasteiger partial charge in [-0.25, -0.2) is 19.4 Å². The molecule has 2 unspecified atom stereocenters. The topological polar surface area (TPSA) is 215 Å². The number of benzene rings is 2. The molecule has 0 bridgehead atoms. The lowest BCUT2D eigenvalue weighted by atomic mass is 10.0. The normalized spacial score (nSPS) is 19.9. The summed E-state index contributed by atoms with van der Waals surface area (Å²) < 4.78 is 20.5. The predicted octanol–water partition coefficient (Wildman–Crippen LogP) is 6.24. The van der Waals surface area contributed by atoms with Crippen molar-refractivity contribution in [3.63, 3.8) is 0 Å². The number of carbonyl (C=O) groups excluding carboxylic acids is 7. The monoisotopic (exact) mass is 1070 g/mol. The van der Waals surface area contributed by atoms with Crippen molar-refractivity contribution in [3.05, 3.63) is 83.4 Å². The Kier molecular flexibility index (Phi) is 18.7. The highest BCUT2D eigenvalue weighted by molar-refractivity contribution is 8.77. The second-order valence-electron chi connectivity index (χ2n) is 20.2. The van der Waals surface area contributed by atoms with E-state index in [1.807, 2.05) is 56.1 Å². The Bertz CT molecular complexity index is 2600. The van der Waals surface area contributed by atoms with Crippen molar-refractivity contribution in [2.45, 2.75) is 108 Å². The second kappa shape index (κ2) is 25.5. The minimum absolute atomic E-state index is 0.0193. The Morgan fingerprint density at radius 1 is 0.907 bits per heavy atom. The molecule has 3 N–H and O–H groups in total. The number of aromatic nitrogens is 1. The fourth-order valence-corrected chi connectivity index (χ4v) is 12.3. The maximum absolute atomic E-state index is 15.0. The molecule has 4 fully saturated rings. The zero-order valence-electron chi connectivity index (χ0n) is 42.9. The van der Waals surface area contributed by atoms with Crippen molar-refractivity contribution >= 4 is 80.2 Å². The molecule has 19 nitrogen and oxygen atoms in total. The number of fused-ring (bicyclic) bond motifs is 1. The van der Waals surface area contributed by atoms with E-state index in [2.05, 4.69) is 35.9 Å². The Balaban J connectivity index is 0.680. The number of hydrogen-bond acceptors (Lipinski definition) is 15. The number of nitrogens with one attached hydrogen (secondary N) is 3. The molecule has 7 amide bonds. The molecule has 1 saturated carbocycles. The lowest BCUT2D eigenvalue weighted by molar-refractivity contribution is -0.197. The largest absolute Gasteiger partial charge is 0.494 e. The Labute approximate surface area is 444 Å². The number of nitrogens with zero attached hydrogens (tertiary/aromatic N) is 7. The zero-order chi connectivity index (χ0) is 53.1. The SMILES string of the molecule is CN1CCC/C(=N\NC(=O)CC(C)(C)SSCCC(=O)N2CCN(C3CCN(C(=O)NCc4ccc(NC(=O)C5CC5c5cccnc5)cc4F)CC3)CC2)c2ccc(OCCCC(=O)ON3C(=O)CCC3=O)cc21. The molecular formula is C53H67FN10O9S2. The van der Waals surface area contributed by atoms with E-state index in [4.69, 9.17) is 9.57 Å². The summed E-state index contributed by atoms with van der Waals surface area (Å²) in [7, 11) is 5.16. The van der Waals surface area contributed by atoms with Gasteiger partial charge in [-0.15, -0.1) is 5.06 Å². The van der Waals surface area contributed by atoms with Gasteiger partial charge in [0, 0.05) is 149 Å². The number of amides is 7. The van der Waals surface area contributed by atoms with Crippen LogP contribution in [0.5, 0.6) is 5.75 Å². The molecule has 0 radical (unpaired) electrons. The van der Waals surface area contributed by atoms with Gasteiger partial charge in [-0.1, -0.05) is 33.7 Å². The Morgan fingerprint density at radius 2 is 1.68 bits per heavy atom. The quantitative estimate of drug-likeness (QED) is 0.0495. The summed E-state index contributed by atoms with van der Waals surface area (Å²) in [5.74, 6) is -1.26. The fraction of sp³-hybridized carbons (Fsp3) is 0.528. The smallest absolute Gasteiger partial charge is 0.333 e. The van der Waals surface area contributed by atoms with E-state index in [1.165, 1.54) is 6.07 Å². The van der Waals surface area contributed by atoms with Gasteiger partial charge in [-0.2, -0.15) is 5.10 Å². The van der Waals surface area contributed by atoms with Crippen LogP contribution >= 0.6 is 21.6 Å². The Hall–Kier alpha value is -6.26. The number of hydrogen-bond donors (Lipinski definition) is 3. The minimum Gasteiger partial charge on any atom is -0.494 e. The molecule has 8 rings (SSSR count). The summed E-state index contributed by atoms with van der Waals surface area (Å²) in [6.45, 7) is 9.05. The number of carbonyl (C=O) groups is 7. The van der Waals surface area contributed by atoms with E-state index < -0.39 is 28.3 Å². The first-order valence-corrected chi connectivity index (χ1v) is 28.2. The van der Waals surface area contributed by atoms with Gasteiger partial charge < -0.3 is 34.9 Å². The summed E-state index contributed by atoms with van der Waals surface area (Å²) in [6, 6.07) is 14.1. The van der Waals surface area contributed by atoms with Crippen LogP contribution in [0.2, 0.25) is 0 Å². The summed E-state index contributed by atoms with van der Waals surface area (Å²) in [5, 5.41) is 10.8. The van der Waals surface area contributed by atoms with E-state index >= 15 is 4.39 Å². The van der Waals surface area contributed by atoms with Gasteiger partial charge >= 0.3 is 12.0 Å². The first-order chi connectivity index (χ1) is 36.1. The standard InChI is InChI=1S/C53H67FN10O9S2/c1-53(2,32-46(65)59-58-44-8-5-20-60(3)45-30-39(12-13-40(44)45)72-27-6-9-50(69)73-64-48(67)14-15-49(64)68)75-74-28-18-47(66)62-25-23-61(24-26-62)38-16-21-63(22-17-38)52(71)56-34-36-10-11-37(29-43(36)54)57-51(70)42-31-41(42)35-7-4-19-55-33-35/h4,7,10-13,19,29-30,33,38,41-42H,5-6,8-9,14-18,20-28,31-32,34H2,1-3H3,(H,56,71)(H,57,70)(H,59,65)/b58-44+. The number of piperidine rings is 1. The van der Waals surface area contributed by atoms with Crippen LogP contribution in [0.15, 0.2) is 66.0 Å². The third-order valence-corrected chi connectivity index (χ3v) is 17.4. The second-order valence-corrected chi connectivity index (χ2v) is 23.3. The van der Waals surface area contributed by atoms with Crippen molar-refractivity contribution in [2.75, 3.05) is 75.4 Å². The number of anilines is 2. The number of urea groups is 1. The number of hydroxylamine groups is 2. The molecule has 402 valence electrons. The molecule has 2 atom stereocenters. The molecule has 5 aliphatic rings. The molecular weight excluding hydrogens is 1000 g/mol. The van der Waals surface area contributed by atoms with Crippen molar-refractivity contribution in [1.82, 2.24) is 35.5 Å². The predicted molar refractivity (Wildman–Crippen MR) is 284 cm³/mol. The van der Waals surface area contributed by atoms with Gasteiger partial charge in [-0.05, 0) is 94.2 Å². The average Bonchev–Trinajstić information content (AvgIpc) is 4.18. The molecule has 0 spiro atoms. The number of piperazine rings is 1. The van der Waals surface area contributed by atoms with Crippen LogP contribution in [0, 0.1) is 11.7 Å². The highest BCUT2D eigenvalue weighted by atomic mass is 33.1. The van der Waals surface area contributed by atoms with Crippen molar-refractivity contribution in [1.29, 1.82) is 0 Å². The zero-order valence-corrected chi connectivity index (χ0v) is 44.5. The van der Waals surface area contributed by atoms with E-state index in [-0.39, 0.29) is 74.4 Å². The molecule has 3 saturated heterocycles. The highest BCUT2D eigenvalue weighted by Gasteiger charge is 2.44. The van der Waals surface area contributed by atoms with E-state index in [9.17, 15) is 33.6 Å². The van der Waals surface area contributed by atoms with Gasteiger partial charge in [0.05, 0.1) is 18.7 Å². The van der Waals surface area contributed by atoms with Crippen LogP contribution in [-0.4, -0.2) is 148 Å². The lowest BCUT2D eigenvalue weighted by Gasteiger charge is -2.42. The average molecular weight is 1070 g/mol. The van der Waals surface area contributed by atoms with Crippen LogP contribution in [0.4, 0.5) is 20.6 Å². The van der Waals surface area contributed by atoms with Crippen LogP contribution < -0.4 is 25.7 Å². The van der Waals surface area contributed by atoms with Gasteiger partial charge in [0.2, 0.25) is 17.7 Å². The van der Waals surface area contributed by atoms with Gasteiger partial charge in [0.15, 0.2) is 0 Å². The maximum atomic E-state index is 15.0. The highest BCUT2D eigenvalue weighted by Crippen LogP contribution is 2.48. The van der Waals surface area contributed by atoms with E-state index in [0.717, 1.165) is 67.8 Å². The molecule has 4 aliphatic heterocycles. The van der Waals surface area contributed by atoms with Crippen LogP contribution in [-0.2, 0) is 40.1 Å². The van der Waals surface area contributed by atoms with Crippen molar-refractivity contribution in [3.8, 4) is 5.75 Å². The summed E-state index contributed by atoms with van der Waals surface area (Å²) in [6.07, 6.45) is 8.35. The molecule has 75 heavy (non-hydrogen) atoms. The fourth-order valence-electron chi connectivity index (χ4n) is 9.81. The maximum Gasteiger partial charge on any atom is 0.333 e. The van der Waals surface area contributed by atoms with Crippen molar-refractivity contribution in [2.24, 2.45) is 11.0 Å². The first-order valence-electron chi connectivity index (χ1n) is 25.9. The summed E-state index contributed by atoms with van der Waals surface area (Å²) in [5.41, 5.74) is 7.07. The number of ether oxygens (including phenoxy) is 1. The van der Waals surface area contributed by atoms with Gasteiger partial charge in [-0.3, -0.25) is 33.9 Å². The number of hydrazone groups is 1. The number of halogens is 1. The number of likely N-dealkylation sites (tertiary alicyclic amines) is 1. The molecule has 2 aromatic carbocycles. The Morgan fingerprint density at radius 3 is 2.41 bits per heavy atom. The third-order valence-electron chi connectivity index (χ3n) is 14.1. The number of imide groups is 1. The van der Waals surface area contributed by atoms with E-state index in [0.29, 0.717) is 79.3 Å². The van der Waals surface area contributed by atoms with E-state index in [1.54, 1.807) is 51.0 Å². The van der Waals surface area contributed by atoms with Gasteiger partial charge in [0.1, 0.15) is 11.6 Å². The molecule has 22 heteroatoms. The van der Waals surface area contributed by atoms with Crippen LogP contribution in [0.3, 0.4) is 0 Å². The minimum atomic E-state index is -0.674. The molecule has 1 aromatic heterocycles. The van der Waals surface area contributed by atoms with Crippen LogP contribution in [0.1, 0.15) is 107 Å². The number of pyridine rings is 1. The lowest BCUT2D eigenvalue weighted by Crippen LogP contribution is -2.55. The van der Waals surface area contributed by atoms with Crippen molar-refractivity contribution < 1.29 is 47.5 Å². The molecule has 5 heterocycles. The third kappa shape index (κ3) is 15.2. The molecule has 3 aromatic rings. The number of rotatable bonds is 20. The molecule has 1 aliphatic carbocycles. The first kappa shape index (κ1) is 55.0. The summed E-state index contributed by atoms with van der Waals surface area (Å²) in [4.78, 5) is 105. The van der Waals surface area contributed by atoms with Gasteiger partial charge in [0.25, 0.3) is 11.8 Å².